The first-order valence-corrected chi connectivity index (χ1v) is 22.5. The second-order valence-electron chi connectivity index (χ2n) is 14.9. The Kier molecular flexibility index (Phi) is 16.8. The van der Waals surface area contributed by atoms with Gasteiger partial charge < -0.3 is 18.9 Å². The van der Waals surface area contributed by atoms with Crippen LogP contribution in [0.1, 0.15) is 92.9 Å². The first kappa shape index (κ1) is 49.8. The SMILES string of the molecule is BCc1cc(B)c(OC(=O)c2cc(C(=O)Oc3c(CB)cc(CB)cc3CB)c(C(=O)Oc3c(CB)cc(CB)cc3CB)cc2C(=O)OC(C)C(F)(F)S(=O)(=O)O)c(CB)c1. The molecule has 4 aromatic rings. The number of carbonyl (C=O) groups excluding carboxylic acids is 4. The van der Waals surface area contributed by atoms with E-state index in [1.54, 1.807) is 13.9 Å². The van der Waals surface area contributed by atoms with Gasteiger partial charge in [0.1, 0.15) is 87.9 Å². The molecular formula is C39H47B9F2O11S. The minimum absolute atomic E-state index is 0.138. The fourth-order valence-corrected chi connectivity index (χ4v) is 7.60. The molecule has 0 bridgehead atoms. The number of rotatable bonds is 18. The van der Waals surface area contributed by atoms with Crippen LogP contribution in [0.5, 0.6) is 17.2 Å². The molecule has 4 aromatic carbocycles. The molecule has 23 heteroatoms. The van der Waals surface area contributed by atoms with Gasteiger partial charge in [-0.1, -0.05) is 104 Å². The average Bonchev–Trinajstić information content (AvgIpc) is 3.25. The van der Waals surface area contributed by atoms with Crippen molar-refractivity contribution in [2.75, 3.05) is 0 Å². The van der Waals surface area contributed by atoms with Crippen molar-refractivity contribution in [1.29, 1.82) is 0 Å². The fraction of sp³-hybridized carbons (Fsp3) is 0.282. The van der Waals surface area contributed by atoms with E-state index in [0.717, 1.165) is 28.8 Å². The van der Waals surface area contributed by atoms with Crippen LogP contribution in [0.15, 0.2) is 48.5 Å². The van der Waals surface area contributed by atoms with E-state index < -0.39 is 67.6 Å². The summed E-state index contributed by atoms with van der Waals surface area (Å²) in [6.45, 7) is 0.524. The van der Waals surface area contributed by atoms with Crippen molar-refractivity contribution in [3.05, 3.63) is 115 Å². The number of halogens is 2. The van der Waals surface area contributed by atoms with Gasteiger partial charge in [-0.25, -0.2) is 19.2 Å². The molecule has 316 valence electrons. The van der Waals surface area contributed by atoms with Crippen molar-refractivity contribution in [2.45, 2.75) is 68.8 Å². The van der Waals surface area contributed by atoms with Crippen LogP contribution < -0.4 is 19.7 Å². The van der Waals surface area contributed by atoms with Crippen molar-refractivity contribution < 1.29 is 59.9 Å². The van der Waals surface area contributed by atoms with E-state index >= 15 is 0 Å². The Hall–Kier alpha value is -4.89. The second-order valence-corrected chi connectivity index (χ2v) is 16.4. The van der Waals surface area contributed by atoms with Gasteiger partial charge in [0.25, 0.3) is 0 Å². The van der Waals surface area contributed by atoms with E-state index in [4.69, 9.17) is 18.9 Å². The molecule has 62 heavy (non-hydrogen) atoms. The zero-order valence-corrected chi connectivity index (χ0v) is 37.9. The van der Waals surface area contributed by atoms with E-state index in [9.17, 15) is 40.9 Å². The molecule has 0 aliphatic heterocycles. The van der Waals surface area contributed by atoms with E-state index in [-0.39, 0.29) is 17.2 Å². The molecule has 11 nitrogen and oxygen atoms in total. The highest BCUT2D eigenvalue weighted by molar-refractivity contribution is 7.86. The third-order valence-corrected chi connectivity index (χ3v) is 11.9. The molecule has 1 unspecified atom stereocenters. The number of benzene rings is 4. The maximum absolute atomic E-state index is 14.8. The molecule has 0 radical (unpaired) electrons. The van der Waals surface area contributed by atoms with Gasteiger partial charge in [0.15, 0.2) is 6.10 Å². The van der Waals surface area contributed by atoms with Gasteiger partial charge in [-0.15, -0.1) is 0 Å². The van der Waals surface area contributed by atoms with Crippen molar-refractivity contribution >= 4 is 110 Å². The van der Waals surface area contributed by atoms with Crippen LogP contribution in [0, 0.1) is 0 Å². The highest BCUT2D eigenvalue weighted by atomic mass is 32.2. The molecule has 4 rings (SSSR count). The maximum Gasteiger partial charge on any atom is 0.405 e. The van der Waals surface area contributed by atoms with Crippen molar-refractivity contribution in [2.24, 2.45) is 0 Å². The lowest BCUT2D eigenvalue weighted by molar-refractivity contribution is -0.0550. The highest BCUT2D eigenvalue weighted by Crippen LogP contribution is 2.33. The van der Waals surface area contributed by atoms with Gasteiger partial charge in [-0.05, 0) is 52.3 Å². The van der Waals surface area contributed by atoms with Crippen molar-refractivity contribution in [1.82, 2.24) is 0 Å². The van der Waals surface area contributed by atoms with Gasteiger partial charge >= 0.3 is 39.2 Å². The first-order valence-electron chi connectivity index (χ1n) is 21.0. The van der Waals surface area contributed by atoms with Gasteiger partial charge in [-0.3, -0.25) is 4.55 Å². The van der Waals surface area contributed by atoms with Crippen LogP contribution in [-0.2, 0) is 65.4 Å². The number of ether oxygens (including phenoxy) is 4. The van der Waals surface area contributed by atoms with Gasteiger partial charge in [0.2, 0.25) is 0 Å². The number of alkyl halides is 2. The average molecular weight is 859 g/mol. The number of hydrogen-bond donors (Lipinski definition) is 1. The van der Waals surface area contributed by atoms with Crippen LogP contribution in [0.4, 0.5) is 8.78 Å². The first-order chi connectivity index (χ1) is 29.2. The molecule has 0 aromatic heterocycles. The van der Waals surface area contributed by atoms with E-state index in [1.165, 1.54) is 0 Å². The highest BCUT2D eigenvalue weighted by Gasteiger charge is 2.52. The monoisotopic (exact) mass is 860 g/mol. The maximum atomic E-state index is 14.8. The molecule has 0 fully saturated rings. The summed E-state index contributed by atoms with van der Waals surface area (Å²) in [4.78, 5) is 57.5. The number of esters is 4. The zero-order valence-electron chi connectivity index (χ0n) is 37.0. The third-order valence-electron chi connectivity index (χ3n) is 10.9. The summed E-state index contributed by atoms with van der Waals surface area (Å²) in [6, 6.07) is 12.9. The smallest absolute Gasteiger partial charge is 0.405 e. The van der Waals surface area contributed by atoms with Gasteiger partial charge in [0.05, 0.1) is 22.3 Å². The normalized spacial score (nSPS) is 12.0. The topological polar surface area (TPSA) is 160 Å². The molecule has 1 N–H and O–H groups in total. The Balaban J connectivity index is 2.05. The largest absolute Gasteiger partial charge is 0.451 e. The Bertz CT molecular complexity index is 2460. The van der Waals surface area contributed by atoms with Gasteiger partial charge in [-0.2, -0.15) is 17.2 Å². The quantitative estimate of drug-likeness (QED) is 0.0463. The molecule has 0 aliphatic rings. The van der Waals surface area contributed by atoms with Crippen molar-refractivity contribution in [3.63, 3.8) is 0 Å². The Morgan fingerprint density at radius 1 is 0.532 bits per heavy atom. The number of carbonyl (C=O) groups is 4. The summed E-state index contributed by atoms with van der Waals surface area (Å²) in [7, 11) is 10.9. The lowest BCUT2D eigenvalue weighted by Gasteiger charge is -2.22. The molecule has 1 atom stereocenters. The summed E-state index contributed by atoms with van der Waals surface area (Å²) in [5, 5.41) is -4.98. The van der Waals surface area contributed by atoms with Gasteiger partial charge in [0, 0.05) is 0 Å². The molecule has 0 spiro atoms. The Morgan fingerprint density at radius 3 is 1.13 bits per heavy atom. The standard InChI is InChI=1S/C39H47B9F2O11S/c1-18(39(49,50)62(55,56)57)58-35(51)27-8-29(36(52)59-32-22(13-43)2-19(10-40)3-23(32)14-44)30(37(53)60-33-24(15-45)4-20(11-41)5-25(33)16-46)9-28(27)38(54)61-34-26(17-47)6-21(12-42)7-31(34)48/h2-9,18H,10-17,40-48H2,1H3,(H,55,56,57). The van der Waals surface area contributed by atoms with Crippen LogP contribution in [-0.4, -0.2) is 119 Å². The molecule has 0 saturated heterocycles. The summed E-state index contributed by atoms with van der Waals surface area (Å²) in [6.07, 6.45) is 1.55. The van der Waals surface area contributed by atoms with E-state index in [2.05, 4.69) is 0 Å². The van der Waals surface area contributed by atoms with Crippen LogP contribution in [0.2, 0.25) is 0 Å². The predicted octanol–water partition coefficient (Wildman–Crippen LogP) is -3.31. The minimum Gasteiger partial charge on any atom is -0.451 e. The zero-order chi connectivity index (χ0) is 46.3. The van der Waals surface area contributed by atoms with Crippen molar-refractivity contribution in [3.8, 4) is 17.2 Å². The predicted molar refractivity (Wildman–Crippen MR) is 258 cm³/mol. The Morgan fingerprint density at radius 2 is 0.823 bits per heavy atom. The lowest BCUT2D eigenvalue weighted by Crippen LogP contribution is -2.42. The Labute approximate surface area is 370 Å². The van der Waals surface area contributed by atoms with E-state index in [1.807, 2.05) is 93.1 Å². The molecule has 0 saturated carbocycles. The lowest BCUT2D eigenvalue weighted by atomic mass is 9.83. The molecule has 0 aliphatic carbocycles. The molecule has 0 amide bonds. The van der Waals surface area contributed by atoms with Crippen LogP contribution in [0.3, 0.4) is 0 Å². The van der Waals surface area contributed by atoms with E-state index in [0.29, 0.717) is 90.8 Å². The number of hydrogen-bond acceptors (Lipinski definition) is 10. The fourth-order valence-electron chi connectivity index (χ4n) is 7.14. The minimum atomic E-state index is -6.09. The van der Waals surface area contributed by atoms with Crippen LogP contribution >= 0.6 is 0 Å². The van der Waals surface area contributed by atoms with Crippen LogP contribution in [0.25, 0.3) is 0 Å². The summed E-state index contributed by atoms with van der Waals surface area (Å²) in [5.74, 6) is -4.64. The summed E-state index contributed by atoms with van der Waals surface area (Å²) >= 11 is 0. The second kappa shape index (κ2) is 21.0. The summed E-state index contributed by atoms with van der Waals surface area (Å²) in [5.41, 5.74) is 4.19. The third kappa shape index (κ3) is 10.8. The molecular weight excluding hydrogens is 812 g/mol. The molecule has 0 heterocycles. The summed E-state index contributed by atoms with van der Waals surface area (Å²) < 4.78 is 85.0.